The molecular formula is C16H22ClN3O. The SMILES string of the molecule is Cc1ccc(-c2nc(CN3CCNC[C@H]3C)co2)cc1.Cl. The van der Waals surface area contributed by atoms with Gasteiger partial charge in [-0.3, -0.25) is 4.90 Å². The van der Waals surface area contributed by atoms with E-state index in [0.29, 0.717) is 11.9 Å². The first-order chi connectivity index (χ1) is 9.72. The molecule has 2 aromatic rings. The zero-order chi connectivity index (χ0) is 13.9. The molecular weight excluding hydrogens is 286 g/mol. The number of halogens is 1. The minimum atomic E-state index is 0. The van der Waals surface area contributed by atoms with Crippen LogP contribution in [0.4, 0.5) is 0 Å². The Morgan fingerprint density at radius 2 is 2.10 bits per heavy atom. The van der Waals surface area contributed by atoms with Crippen LogP contribution >= 0.6 is 12.4 Å². The predicted molar refractivity (Wildman–Crippen MR) is 86.7 cm³/mol. The van der Waals surface area contributed by atoms with E-state index in [9.17, 15) is 0 Å². The Labute approximate surface area is 132 Å². The van der Waals surface area contributed by atoms with E-state index >= 15 is 0 Å². The van der Waals surface area contributed by atoms with Crippen LogP contribution in [0, 0.1) is 6.92 Å². The molecule has 5 heteroatoms. The monoisotopic (exact) mass is 307 g/mol. The van der Waals surface area contributed by atoms with Crippen LogP contribution in [0.25, 0.3) is 11.5 Å². The molecule has 0 spiro atoms. The maximum atomic E-state index is 5.61. The van der Waals surface area contributed by atoms with Crippen molar-refractivity contribution in [3.05, 3.63) is 41.8 Å². The fourth-order valence-electron chi connectivity index (χ4n) is 2.53. The summed E-state index contributed by atoms with van der Waals surface area (Å²) in [4.78, 5) is 7.05. The van der Waals surface area contributed by atoms with Crippen molar-refractivity contribution in [3.8, 4) is 11.5 Å². The van der Waals surface area contributed by atoms with Gasteiger partial charge in [0.25, 0.3) is 0 Å². The third kappa shape index (κ3) is 3.84. The molecule has 1 aliphatic rings. The average Bonchev–Trinajstić information content (AvgIpc) is 2.91. The molecule has 0 amide bonds. The predicted octanol–water partition coefficient (Wildman–Crippen LogP) is 2.87. The lowest BCUT2D eigenvalue weighted by Crippen LogP contribution is -2.49. The van der Waals surface area contributed by atoms with Gasteiger partial charge in [-0.05, 0) is 26.0 Å². The van der Waals surface area contributed by atoms with Crippen molar-refractivity contribution in [1.29, 1.82) is 0 Å². The maximum absolute atomic E-state index is 5.61. The topological polar surface area (TPSA) is 41.3 Å². The normalized spacial score (nSPS) is 19.2. The highest BCUT2D eigenvalue weighted by Gasteiger charge is 2.19. The number of aromatic nitrogens is 1. The van der Waals surface area contributed by atoms with Crippen molar-refractivity contribution in [3.63, 3.8) is 0 Å². The zero-order valence-corrected chi connectivity index (χ0v) is 13.3. The van der Waals surface area contributed by atoms with Crippen LogP contribution in [-0.2, 0) is 6.54 Å². The van der Waals surface area contributed by atoms with Crippen molar-refractivity contribution in [1.82, 2.24) is 15.2 Å². The lowest BCUT2D eigenvalue weighted by atomic mass is 10.1. The largest absolute Gasteiger partial charge is 0.444 e. The van der Waals surface area contributed by atoms with Gasteiger partial charge in [-0.1, -0.05) is 17.7 Å². The Kier molecular flexibility index (Phi) is 5.39. The Balaban J connectivity index is 0.00000161. The standard InChI is InChI=1S/C16H21N3O.ClH/c1-12-3-5-14(6-4-12)16-18-15(11-20-16)10-19-8-7-17-9-13(19)2;/h3-6,11,13,17H,7-10H2,1-2H3;1H/t13-;/m1./s1. The first kappa shape index (κ1) is 16.0. The van der Waals surface area contributed by atoms with Crippen LogP contribution in [0.2, 0.25) is 0 Å². The van der Waals surface area contributed by atoms with E-state index < -0.39 is 0 Å². The average molecular weight is 308 g/mol. The first-order valence-corrected chi connectivity index (χ1v) is 7.18. The fraction of sp³-hybridized carbons (Fsp3) is 0.438. The summed E-state index contributed by atoms with van der Waals surface area (Å²) >= 11 is 0. The highest BCUT2D eigenvalue weighted by Crippen LogP contribution is 2.20. The van der Waals surface area contributed by atoms with E-state index in [4.69, 9.17) is 4.42 Å². The molecule has 21 heavy (non-hydrogen) atoms. The summed E-state index contributed by atoms with van der Waals surface area (Å²) in [5.41, 5.74) is 3.29. The second-order valence-electron chi connectivity index (χ2n) is 5.53. The first-order valence-electron chi connectivity index (χ1n) is 7.18. The number of nitrogens with one attached hydrogen (secondary N) is 1. The number of hydrogen-bond donors (Lipinski definition) is 1. The number of oxazole rings is 1. The summed E-state index contributed by atoms with van der Waals surface area (Å²) in [5.74, 6) is 0.711. The second-order valence-corrected chi connectivity index (χ2v) is 5.53. The van der Waals surface area contributed by atoms with Gasteiger partial charge in [0.1, 0.15) is 6.26 Å². The number of aryl methyl sites for hydroxylation is 1. The van der Waals surface area contributed by atoms with Crippen LogP contribution < -0.4 is 5.32 Å². The summed E-state index contributed by atoms with van der Waals surface area (Å²) in [6, 6.07) is 8.81. The number of benzene rings is 1. The number of hydrogen-bond acceptors (Lipinski definition) is 4. The molecule has 1 aromatic heterocycles. The molecule has 1 fully saturated rings. The third-order valence-electron chi connectivity index (χ3n) is 3.85. The Morgan fingerprint density at radius 3 is 2.81 bits per heavy atom. The molecule has 0 aliphatic carbocycles. The lowest BCUT2D eigenvalue weighted by molar-refractivity contribution is 0.163. The summed E-state index contributed by atoms with van der Waals surface area (Å²) in [5, 5.41) is 3.40. The molecule has 1 aliphatic heterocycles. The van der Waals surface area contributed by atoms with Crippen molar-refractivity contribution >= 4 is 12.4 Å². The molecule has 0 unspecified atom stereocenters. The molecule has 1 atom stereocenters. The van der Waals surface area contributed by atoms with E-state index in [1.165, 1.54) is 5.56 Å². The van der Waals surface area contributed by atoms with Crippen LogP contribution in [-0.4, -0.2) is 35.6 Å². The maximum Gasteiger partial charge on any atom is 0.226 e. The molecule has 3 rings (SSSR count). The van der Waals surface area contributed by atoms with E-state index in [-0.39, 0.29) is 12.4 Å². The van der Waals surface area contributed by atoms with Gasteiger partial charge >= 0.3 is 0 Å². The van der Waals surface area contributed by atoms with Gasteiger partial charge in [0.15, 0.2) is 0 Å². The minimum absolute atomic E-state index is 0. The zero-order valence-electron chi connectivity index (χ0n) is 12.5. The third-order valence-corrected chi connectivity index (χ3v) is 3.85. The fourth-order valence-corrected chi connectivity index (χ4v) is 2.53. The number of nitrogens with zero attached hydrogens (tertiary/aromatic N) is 2. The Morgan fingerprint density at radius 1 is 1.33 bits per heavy atom. The molecule has 1 saturated heterocycles. The lowest BCUT2D eigenvalue weighted by Gasteiger charge is -2.33. The van der Waals surface area contributed by atoms with Crippen LogP contribution in [0.5, 0.6) is 0 Å². The van der Waals surface area contributed by atoms with E-state index in [1.54, 1.807) is 6.26 Å². The van der Waals surface area contributed by atoms with E-state index in [2.05, 4.69) is 53.3 Å². The van der Waals surface area contributed by atoms with Gasteiger partial charge < -0.3 is 9.73 Å². The molecule has 1 aromatic carbocycles. The second kappa shape index (κ2) is 7.07. The van der Waals surface area contributed by atoms with Crippen LogP contribution in [0.1, 0.15) is 18.2 Å². The summed E-state index contributed by atoms with van der Waals surface area (Å²) < 4.78 is 5.61. The molecule has 114 valence electrons. The summed E-state index contributed by atoms with van der Waals surface area (Å²) in [6.07, 6.45) is 1.78. The van der Waals surface area contributed by atoms with Crippen LogP contribution in [0.3, 0.4) is 0 Å². The Hall–Kier alpha value is -1.36. The van der Waals surface area contributed by atoms with Crippen molar-refractivity contribution < 1.29 is 4.42 Å². The molecule has 0 bridgehead atoms. The van der Waals surface area contributed by atoms with Gasteiger partial charge in [0.2, 0.25) is 5.89 Å². The van der Waals surface area contributed by atoms with Gasteiger partial charge in [0.05, 0.1) is 5.69 Å². The highest BCUT2D eigenvalue weighted by atomic mass is 35.5. The van der Waals surface area contributed by atoms with Gasteiger partial charge in [-0.15, -0.1) is 12.4 Å². The van der Waals surface area contributed by atoms with Crippen LogP contribution in [0.15, 0.2) is 34.9 Å². The number of piperazine rings is 1. The van der Waals surface area contributed by atoms with E-state index in [1.807, 2.05) is 0 Å². The molecule has 2 heterocycles. The molecule has 1 N–H and O–H groups in total. The van der Waals surface area contributed by atoms with Gasteiger partial charge in [0, 0.05) is 37.8 Å². The van der Waals surface area contributed by atoms with E-state index in [0.717, 1.165) is 37.4 Å². The minimum Gasteiger partial charge on any atom is -0.444 e. The quantitative estimate of drug-likeness (QED) is 0.947. The summed E-state index contributed by atoms with van der Waals surface area (Å²) in [6.45, 7) is 8.34. The number of rotatable bonds is 3. The Bertz CT molecular complexity index is 567. The molecule has 0 radical (unpaired) electrons. The molecule has 0 saturated carbocycles. The van der Waals surface area contributed by atoms with Gasteiger partial charge in [-0.2, -0.15) is 0 Å². The highest BCUT2D eigenvalue weighted by molar-refractivity contribution is 5.85. The van der Waals surface area contributed by atoms with Crippen molar-refractivity contribution in [2.45, 2.75) is 26.4 Å². The van der Waals surface area contributed by atoms with Crippen molar-refractivity contribution in [2.75, 3.05) is 19.6 Å². The molecule has 4 nitrogen and oxygen atoms in total. The summed E-state index contributed by atoms with van der Waals surface area (Å²) in [7, 11) is 0. The van der Waals surface area contributed by atoms with Gasteiger partial charge in [-0.25, -0.2) is 4.98 Å². The van der Waals surface area contributed by atoms with Crippen molar-refractivity contribution in [2.24, 2.45) is 0 Å². The smallest absolute Gasteiger partial charge is 0.226 e.